The van der Waals surface area contributed by atoms with E-state index in [1.54, 1.807) is 12.1 Å². The van der Waals surface area contributed by atoms with Crippen LogP contribution in [0.5, 0.6) is 0 Å². The van der Waals surface area contributed by atoms with Crippen LogP contribution in [-0.4, -0.2) is 15.7 Å². The van der Waals surface area contributed by atoms with Crippen LogP contribution in [0.15, 0.2) is 79.0 Å². The average molecular weight is 414 g/mol. The number of aryl methyl sites for hydroxylation is 1. The van der Waals surface area contributed by atoms with Gasteiger partial charge in [0.2, 0.25) is 5.91 Å². The lowest BCUT2D eigenvalue weighted by Crippen LogP contribution is -2.08. The van der Waals surface area contributed by atoms with E-state index >= 15 is 0 Å². The Hall–Kier alpha value is -3.93. The molecule has 0 radical (unpaired) electrons. The van der Waals surface area contributed by atoms with Crippen LogP contribution in [0.25, 0.3) is 16.9 Å². The molecule has 6 heteroatoms. The zero-order valence-corrected chi connectivity index (χ0v) is 17.4. The number of halogens is 1. The van der Waals surface area contributed by atoms with E-state index in [-0.39, 0.29) is 11.7 Å². The van der Waals surface area contributed by atoms with Gasteiger partial charge < -0.3 is 10.6 Å². The van der Waals surface area contributed by atoms with Gasteiger partial charge in [-0.2, -0.15) is 5.10 Å². The molecule has 1 amide bonds. The predicted octanol–water partition coefficient (Wildman–Crippen LogP) is 5.56. The quantitative estimate of drug-likeness (QED) is 0.434. The van der Waals surface area contributed by atoms with E-state index in [1.807, 2.05) is 66.3 Å². The van der Waals surface area contributed by atoms with Crippen LogP contribution >= 0.6 is 0 Å². The van der Waals surface area contributed by atoms with Gasteiger partial charge in [-0.25, -0.2) is 9.07 Å². The topological polar surface area (TPSA) is 59.0 Å². The molecule has 1 heterocycles. The third-order valence-corrected chi connectivity index (χ3v) is 4.96. The van der Waals surface area contributed by atoms with Crippen molar-refractivity contribution in [2.75, 3.05) is 10.6 Å². The van der Waals surface area contributed by atoms with Crippen molar-refractivity contribution in [3.8, 4) is 16.9 Å². The lowest BCUT2D eigenvalue weighted by Gasteiger charge is -2.11. The first-order chi connectivity index (χ1) is 15.0. The second-order valence-electron chi connectivity index (χ2n) is 7.35. The Bertz CT molecular complexity index is 1200. The Morgan fingerprint density at radius 3 is 2.48 bits per heavy atom. The van der Waals surface area contributed by atoms with Gasteiger partial charge in [-0.1, -0.05) is 24.3 Å². The Balaban J connectivity index is 1.65. The van der Waals surface area contributed by atoms with E-state index < -0.39 is 0 Å². The van der Waals surface area contributed by atoms with Crippen LogP contribution in [0.4, 0.5) is 15.8 Å². The zero-order chi connectivity index (χ0) is 21.8. The molecule has 5 nitrogen and oxygen atoms in total. The number of nitrogens with one attached hydrogen (secondary N) is 2. The minimum atomic E-state index is -0.281. The molecule has 2 N–H and O–H groups in total. The molecule has 0 bridgehead atoms. The number of amides is 1. The molecular formula is C25H23FN4O. The molecule has 0 saturated carbocycles. The van der Waals surface area contributed by atoms with Crippen LogP contribution in [0.1, 0.15) is 18.1 Å². The van der Waals surface area contributed by atoms with E-state index in [9.17, 15) is 9.18 Å². The number of aromatic nitrogens is 2. The minimum Gasteiger partial charge on any atom is -0.381 e. The molecule has 1 aromatic heterocycles. The van der Waals surface area contributed by atoms with E-state index in [0.717, 1.165) is 39.4 Å². The van der Waals surface area contributed by atoms with E-state index in [4.69, 9.17) is 5.10 Å². The van der Waals surface area contributed by atoms with Crippen molar-refractivity contribution in [3.63, 3.8) is 0 Å². The molecule has 0 aliphatic carbocycles. The van der Waals surface area contributed by atoms with Crippen molar-refractivity contribution in [2.45, 2.75) is 20.4 Å². The molecule has 0 atom stereocenters. The Kier molecular flexibility index (Phi) is 5.80. The zero-order valence-electron chi connectivity index (χ0n) is 17.4. The summed E-state index contributed by atoms with van der Waals surface area (Å²) in [6, 6.07) is 22.0. The average Bonchev–Trinajstić information content (AvgIpc) is 3.19. The van der Waals surface area contributed by atoms with Crippen molar-refractivity contribution < 1.29 is 9.18 Å². The molecular weight excluding hydrogens is 391 g/mol. The number of para-hydroxylation sites is 1. The number of hydrogen-bond acceptors (Lipinski definition) is 3. The summed E-state index contributed by atoms with van der Waals surface area (Å²) in [5.41, 5.74) is 6.19. The number of anilines is 2. The van der Waals surface area contributed by atoms with Crippen molar-refractivity contribution in [1.82, 2.24) is 9.78 Å². The van der Waals surface area contributed by atoms with Crippen molar-refractivity contribution in [2.24, 2.45) is 0 Å². The van der Waals surface area contributed by atoms with Crippen LogP contribution in [0.2, 0.25) is 0 Å². The lowest BCUT2D eigenvalue weighted by molar-refractivity contribution is -0.114. The van der Waals surface area contributed by atoms with Gasteiger partial charge in [-0.3, -0.25) is 4.79 Å². The standard InChI is InChI=1S/C25H23FN4O/c1-17-8-13-22(14-24(17)28-18(2)31)27-15-20-16-30(23-6-4-3-5-7-23)29-25(20)19-9-11-21(26)12-10-19/h3-14,16,27H,15H2,1-2H3,(H,28,31). The van der Waals surface area contributed by atoms with Gasteiger partial charge in [0.1, 0.15) is 5.82 Å². The number of carbonyl (C=O) groups is 1. The number of hydrogen-bond donors (Lipinski definition) is 2. The summed E-state index contributed by atoms with van der Waals surface area (Å²) in [6.45, 7) is 3.96. The van der Waals surface area contributed by atoms with Gasteiger partial charge >= 0.3 is 0 Å². The smallest absolute Gasteiger partial charge is 0.221 e. The maximum Gasteiger partial charge on any atom is 0.221 e. The fraction of sp³-hybridized carbons (Fsp3) is 0.120. The van der Waals surface area contributed by atoms with Gasteiger partial charge in [-0.15, -0.1) is 0 Å². The van der Waals surface area contributed by atoms with Crippen molar-refractivity contribution >= 4 is 17.3 Å². The molecule has 0 saturated heterocycles. The van der Waals surface area contributed by atoms with Gasteiger partial charge in [-0.05, 0) is 61.0 Å². The first-order valence-electron chi connectivity index (χ1n) is 10.0. The monoisotopic (exact) mass is 414 g/mol. The van der Waals surface area contributed by atoms with Crippen LogP contribution in [-0.2, 0) is 11.3 Å². The summed E-state index contributed by atoms with van der Waals surface area (Å²) in [5, 5.41) is 11.0. The van der Waals surface area contributed by atoms with E-state index in [1.165, 1.54) is 19.1 Å². The number of rotatable bonds is 6. The molecule has 0 fully saturated rings. The first kappa shape index (κ1) is 20.3. The summed E-state index contributed by atoms with van der Waals surface area (Å²) in [7, 11) is 0. The summed E-state index contributed by atoms with van der Waals surface area (Å²) in [4.78, 5) is 11.4. The maximum absolute atomic E-state index is 13.4. The Morgan fingerprint density at radius 1 is 1.03 bits per heavy atom. The predicted molar refractivity (Wildman–Crippen MR) is 122 cm³/mol. The number of carbonyl (C=O) groups excluding carboxylic acids is 1. The molecule has 3 aromatic carbocycles. The largest absolute Gasteiger partial charge is 0.381 e. The third kappa shape index (κ3) is 4.80. The normalized spacial score (nSPS) is 10.7. The molecule has 0 spiro atoms. The molecule has 4 aromatic rings. The Morgan fingerprint density at radius 2 is 1.77 bits per heavy atom. The summed E-state index contributed by atoms with van der Waals surface area (Å²) in [6.07, 6.45) is 1.98. The summed E-state index contributed by atoms with van der Waals surface area (Å²) < 4.78 is 15.3. The van der Waals surface area contributed by atoms with Gasteiger partial charge in [0.25, 0.3) is 0 Å². The van der Waals surface area contributed by atoms with E-state index in [0.29, 0.717) is 6.54 Å². The highest BCUT2D eigenvalue weighted by molar-refractivity contribution is 5.90. The van der Waals surface area contributed by atoms with Crippen molar-refractivity contribution in [1.29, 1.82) is 0 Å². The van der Waals surface area contributed by atoms with Crippen molar-refractivity contribution in [3.05, 3.63) is 95.9 Å². The lowest BCUT2D eigenvalue weighted by atomic mass is 10.1. The summed E-state index contributed by atoms with van der Waals surface area (Å²) in [5.74, 6) is -0.390. The maximum atomic E-state index is 13.4. The fourth-order valence-corrected chi connectivity index (χ4v) is 3.36. The Labute approximate surface area is 180 Å². The highest BCUT2D eigenvalue weighted by Gasteiger charge is 2.13. The highest BCUT2D eigenvalue weighted by Crippen LogP contribution is 2.26. The SMILES string of the molecule is CC(=O)Nc1cc(NCc2cn(-c3ccccc3)nc2-c2ccc(F)cc2)ccc1C. The second-order valence-corrected chi connectivity index (χ2v) is 7.35. The van der Waals surface area contributed by atoms with E-state index in [2.05, 4.69) is 10.6 Å². The molecule has 31 heavy (non-hydrogen) atoms. The third-order valence-electron chi connectivity index (χ3n) is 4.96. The highest BCUT2D eigenvalue weighted by atomic mass is 19.1. The van der Waals surface area contributed by atoms with Gasteiger partial charge in [0.15, 0.2) is 0 Å². The number of benzene rings is 3. The molecule has 156 valence electrons. The summed E-state index contributed by atoms with van der Waals surface area (Å²) >= 11 is 0. The van der Waals surface area contributed by atoms with Crippen LogP contribution < -0.4 is 10.6 Å². The minimum absolute atomic E-state index is 0.108. The van der Waals surface area contributed by atoms with Gasteiger partial charge in [0.05, 0.1) is 11.4 Å². The molecule has 0 aliphatic rings. The molecule has 0 unspecified atom stereocenters. The van der Waals surface area contributed by atoms with Gasteiger partial charge in [0, 0.05) is 42.2 Å². The molecule has 4 rings (SSSR count). The molecule has 0 aliphatic heterocycles. The first-order valence-corrected chi connectivity index (χ1v) is 10.0. The second kappa shape index (κ2) is 8.83. The fourth-order valence-electron chi connectivity index (χ4n) is 3.36. The number of nitrogens with zero attached hydrogens (tertiary/aromatic N) is 2. The van der Waals surface area contributed by atoms with Crippen LogP contribution in [0.3, 0.4) is 0 Å². The van der Waals surface area contributed by atoms with Crippen LogP contribution in [0, 0.1) is 12.7 Å².